The van der Waals surface area contributed by atoms with E-state index in [9.17, 15) is 4.79 Å². The molecule has 0 bridgehead atoms. The van der Waals surface area contributed by atoms with Gasteiger partial charge in [0.25, 0.3) is 5.91 Å². The second-order valence-electron chi connectivity index (χ2n) is 5.44. The van der Waals surface area contributed by atoms with Gasteiger partial charge in [-0.2, -0.15) is 5.10 Å². The number of halogens is 1. The molecule has 6 heteroatoms. The maximum Gasteiger partial charge on any atom is 0.259 e. The number of piperazine rings is 1. The number of nitrogens with one attached hydrogen (secondary N) is 1. The van der Waals surface area contributed by atoms with Crippen molar-refractivity contribution in [1.29, 1.82) is 0 Å². The van der Waals surface area contributed by atoms with Crippen LogP contribution in [0.15, 0.2) is 0 Å². The molecule has 1 aliphatic rings. The number of nitrogens with zero attached hydrogens (tertiary/aromatic N) is 3. The fourth-order valence-electron chi connectivity index (χ4n) is 2.40. The molecule has 0 spiro atoms. The van der Waals surface area contributed by atoms with Gasteiger partial charge < -0.3 is 10.2 Å². The van der Waals surface area contributed by atoms with Crippen molar-refractivity contribution >= 4 is 17.5 Å². The van der Waals surface area contributed by atoms with Gasteiger partial charge in [0.15, 0.2) is 0 Å². The van der Waals surface area contributed by atoms with Crippen LogP contribution in [0.1, 0.15) is 42.7 Å². The first-order valence-electron chi connectivity index (χ1n) is 6.66. The number of amides is 1. The van der Waals surface area contributed by atoms with Crippen LogP contribution in [0.25, 0.3) is 0 Å². The van der Waals surface area contributed by atoms with E-state index < -0.39 is 0 Å². The summed E-state index contributed by atoms with van der Waals surface area (Å²) in [6, 6.07) is 0.315. The van der Waals surface area contributed by atoms with E-state index in [1.165, 1.54) is 0 Å². The van der Waals surface area contributed by atoms with E-state index in [0.29, 0.717) is 29.8 Å². The van der Waals surface area contributed by atoms with Gasteiger partial charge in [-0.05, 0) is 12.8 Å². The van der Waals surface area contributed by atoms with Crippen LogP contribution in [0.3, 0.4) is 0 Å². The molecule has 1 aromatic heterocycles. The van der Waals surface area contributed by atoms with Crippen molar-refractivity contribution in [3.63, 3.8) is 0 Å². The molecule has 106 valence electrons. The zero-order valence-corrected chi connectivity index (χ0v) is 12.7. The summed E-state index contributed by atoms with van der Waals surface area (Å²) in [6.45, 7) is 8.37. The van der Waals surface area contributed by atoms with Crippen LogP contribution in [0, 0.1) is 0 Å². The highest BCUT2D eigenvalue weighted by molar-refractivity contribution is 6.33. The Morgan fingerprint density at radius 2 is 2.21 bits per heavy atom. The standard InChI is InChI=1S/C13H21ClN4O/c1-8(2)11-10(12(14)17(4)16-11)13(19)18-6-5-15-9(3)7-18/h8-9,15H,5-7H2,1-4H3. The highest BCUT2D eigenvalue weighted by atomic mass is 35.5. The van der Waals surface area contributed by atoms with Crippen LogP contribution in [0.2, 0.25) is 5.15 Å². The van der Waals surface area contributed by atoms with Gasteiger partial charge in [-0.1, -0.05) is 25.4 Å². The molecule has 5 nitrogen and oxygen atoms in total. The third-order valence-electron chi connectivity index (χ3n) is 3.42. The highest BCUT2D eigenvalue weighted by Crippen LogP contribution is 2.26. The second-order valence-corrected chi connectivity index (χ2v) is 5.79. The van der Waals surface area contributed by atoms with E-state index in [2.05, 4.69) is 17.3 Å². The number of carbonyl (C=O) groups is 1. The van der Waals surface area contributed by atoms with Gasteiger partial charge in [-0.15, -0.1) is 0 Å². The number of rotatable bonds is 2. The molecule has 0 aliphatic carbocycles. The molecule has 1 fully saturated rings. The molecule has 1 N–H and O–H groups in total. The Hall–Kier alpha value is -1.07. The summed E-state index contributed by atoms with van der Waals surface area (Å²) in [5, 5.41) is 8.12. The second kappa shape index (κ2) is 5.51. The van der Waals surface area contributed by atoms with E-state index in [0.717, 1.165) is 12.2 Å². The lowest BCUT2D eigenvalue weighted by atomic mass is 10.0. The topological polar surface area (TPSA) is 50.2 Å². The average molecular weight is 285 g/mol. The summed E-state index contributed by atoms with van der Waals surface area (Å²) in [6.07, 6.45) is 0. The fourth-order valence-corrected chi connectivity index (χ4v) is 2.62. The lowest BCUT2D eigenvalue weighted by molar-refractivity contribution is 0.0707. The zero-order valence-electron chi connectivity index (χ0n) is 11.9. The van der Waals surface area contributed by atoms with Crippen molar-refractivity contribution in [2.45, 2.75) is 32.7 Å². The molecule has 2 heterocycles. The van der Waals surface area contributed by atoms with Crippen molar-refractivity contribution in [2.24, 2.45) is 7.05 Å². The minimum atomic E-state index is -0.00449. The van der Waals surface area contributed by atoms with Crippen molar-refractivity contribution < 1.29 is 4.79 Å². The van der Waals surface area contributed by atoms with E-state index in [1.54, 1.807) is 11.7 Å². The Morgan fingerprint density at radius 1 is 1.53 bits per heavy atom. The zero-order chi connectivity index (χ0) is 14.2. The molecule has 0 aromatic carbocycles. The smallest absolute Gasteiger partial charge is 0.259 e. The van der Waals surface area contributed by atoms with E-state index in [1.807, 2.05) is 18.7 Å². The van der Waals surface area contributed by atoms with Crippen LogP contribution in [-0.4, -0.2) is 46.3 Å². The van der Waals surface area contributed by atoms with E-state index in [-0.39, 0.29) is 11.8 Å². The van der Waals surface area contributed by atoms with Gasteiger partial charge in [0.05, 0.1) is 11.3 Å². The predicted molar refractivity (Wildman–Crippen MR) is 75.7 cm³/mol. The van der Waals surface area contributed by atoms with Gasteiger partial charge >= 0.3 is 0 Å². The number of aryl methyl sites for hydroxylation is 1. The SMILES string of the molecule is CC1CN(C(=O)c2c(C(C)C)nn(C)c2Cl)CCN1. The Bertz CT molecular complexity index is 483. The lowest BCUT2D eigenvalue weighted by Gasteiger charge is -2.32. The first-order valence-corrected chi connectivity index (χ1v) is 7.04. The van der Waals surface area contributed by atoms with Gasteiger partial charge in [0.1, 0.15) is 5.15 Å². The molecule has 0 saturated carbocycles. The maximum atomic E-state index is 12.7. The fraction of sp³-hybridized carbons (Fsp3) is 0.692. The van der Waals surface area contributed by atoms with Gasteiger partial charge in [0, 0.05) is 32.7 Å². The van der Waals surface area contributed by atoms with Crippen molar-refractivity contribution in [2.75, 3.05) is 19.6 Å². The third kappa shape index (κ3) is 2.77. The lowest BCUT2D eigenvalue weighted by Crippen LogP contribution is -2.51. The normalized spacial score (nSPS) is 20.1. The number of aromatic nitrogens is 2. The predicted octanol–water partition coefficient (Wildman–Crippen LogP) is 1.63. The van der Waals surface area contributed by atoms with Crippen LogP contribution in [0.4, 0.5) is 0 Å². The Morgan fingerprint density at radius 3 is 2.79 bits per heavy atom. The molecular weight excluding hydrogens is 264 g/mol. The molecule has 1 atom stereocenters. The summed E-state index contributed by atoms with van der Waals surface area (Å²) < 4.78 is 1.58. The monoisotopic (exact) mass is 284 g/mol. The summed E-state index contributed by atoms with van der Waals surface area (Å²) in [7, 11) is 1.77. The van der Waals surface area contributed by atoms with Crippen LogP contribution in [0.5, 0.6) is 0 Å². The van der Waals surface area contributed by atoms with Crippen LogP contribution >= 0.6 is 11.6 Å². The first-order chi connectivity index (χ1) is 8.91. The molecular formula is C13H21ClN4O. The minimum Gasteiger partial charge on any atom is -0.336 e. The van der Waals surface area contributed by atoms with Crippen LogP contribution < -0.4 is 5.32 Å². The Labute approximate surface area is 118 Å². The summed E-state index contributed by atoms with van der Waals surface area (Å²) in [5.74, 6) is 0.174. The molecule has 19 heavy (non-hydrogen) atoms. The van der Waals surface area contributed by atoms with E-state index in [4.69, 9.17) is 11.6 Å². The summed E-state index contributed by atoms with van der Waals surface area (Å²) in [4.78, 5) is 14.5. The minimum absolute atomic E-state index is 0.00449. The third-order valence-corrected chi connectivity index (χ3v) is 3.85. The maximum absolute atomic E-state index is 12.7. The molecule has 1 saturated heterocycles. The summed E-state index contributed by atoms with van der Waals surface area (Å²) in [5.41, 5.74) is 1.34. The van der Waals surface area contributed by atoms with Gasteiger partial charge in [-0.25, -0.2) is 0 Å². The molecule has 1 aromatic rings. The van der Waals surface area contributed by atoms with Crippen molar-refractivity contribution in [3.05, 3.63) is 16.4 Å². The largest absolute Gasteiger partial charge is 0.336 e. The van der Waals surface area contributed by atoms with Crippen LogP contribution in [-0.2, 0) is 7.05 Å². The van der Waals surface area contributed by atoms with Gasteiger partial charge in [0.2, 0.25) is 0 Å². The van der Waals surface area contributed by atoms with E-state index >= 15 is 0 Å². The Kier molecular flexibility index (Phi) is 4.16. The quantitative estimate of drug-likeness (QED) is 0.898. The highest BCUT2D eigenvalue weighted by Gasteiger charge is 2.29. The van der Waals surface area contributed by atoms with Gasteiger partial charge in [-0.3, -0.25) is 9.48 Å². The molecule has 2 rings (SSSR count). The molecule has 1 amide bonds. The number of carbonyl (C=O) groups excluding carboxylic acids is 1. The number of hydrogen-bond acceptors (Lipinski definition) is 3. The molecule has 0 radical (unpaired) electrons. The summed E-state index contributed by atoms with van der Waals surface area (Å²) >= 11 is 6.25. The average Bonchev–Trinajstić information content (AvgIpc) is 2.65. The van der Waals surface area contributed by atoms with Crippen molar-refractivity contribution in [1.82, 2.24) is 20.0 Å². The number of hydrogen-bond donors (Lipinski definition) is 1. The Balaban J connectivity index is 2.32. The molecule has 1 aliphatic heterocycles. The first kappa shape index (κ1) is 14.3. The molecule has 1 unspecified atom stereocenters. The van der Waals surface area contributed by atoms with Crippen molar-refractivity contribution in [3.8, 4) is 0 Å².